The molecule has 4 nitrogen and oxygen atoms in total. The van der Waals surface area contributed by atoms with Gasteiger partial charge in [-0.3, -0.25) is 0 Å². The monoisotopic (exact) mass is 302 g/mol. The molecule has 0 N–H and O–H groups in total. The predicted molar refractivity (Wildman–Crippen MR) is 83.3 cm³/mol. The topological polar surface area (TPSA) is 40.6 Å². The lowest BCUT2D eigenvalue weighted by atomic mass is 9.93. The molecular weight excluding hydrogens is 272 g/mol. The first-order valence-electron chi connectivity index (χ1n) is 8.32. The van der Waals surface area contributed by atoms with E-state index in [1.54, 1.807) is 4.31 Å². The van der Waals surface area contributed by atoms with Crippen LogP contribution in [0.25, 0.3) is 0 Å². The van der Waals surface area contributed by atoms with Crippen LogP contribution in [0.4, 0.5) is 0 Å². The maximum Gasteiger partial charge on any atom is 0.215 e. The molecule has 2 aliphatic heterocycles. The van der Waals surface area contributed by atoms with Gasteiger partial charge < -0.3 is 4.90 Å². The molecule has 0 aromatic rings. The Balaban J connectivity index is 1.72. The summed E-state index contributed by atoms with van der Waals surface area (Å²) in [7, 11) is -3.01. The minimum absolute atomic E-state index is 0.311. The second kappa shape index (κ2) is 7.76. The van der Waals surface area contributed by atoms with Gasteiger partial charge in [-0.2, -0.15) is 0 Å². The van der Waals surface area contributed by atoms with Crippen molar-refractivity contribution in [2.24, 2.45) is 5.92 Å². The highest BCUT2D eigenvalue weighted by atomic mass is 32.2. The molecule has 0 aromatic carbocycles. The van der Waals surface area contributed by atoms with Gasteiger partial charge in [0.2, 0.25) is 10.0 Å². The van der Waals surface area contributed by atoms with Crippen molar-refractivity contribution in [1.29, 1.82) is 0 Å². The molecule has 0 unspecified atom stereocenters. The first-order valence-corrected chi connectivity index (χ1v) is 9.93. The van der Waals surface area contributed by atoms with E-state index in [-0.39, 0.29) is 0 Å². The first kappa shape index (κ1) is 16.2. The van der Waals surface area contributed by atoms with Gasteiger partial charge in [0.25, 0.3) is 0 Å². The van der Waals surface area contributed by atoms with Gasteiger partial charge in [0.05, 0.1) is 5.75 Å². The Kier molecular flexibility index (Phi) is 6.30. The Bertz CT molecular complexity index is 369. The number of nitrogens with zero attached hydrogens (tertiary/aromatic N) is 2. The zero-order valence-electron chi connectivity index (χ0n) is 12.9. The van der Waals surface area contributed by atoms with Crippen LogP contribution in [0.1, 0.15) is 51.9 Å². The minimum Gasteiger partial charge on any atom is -0.302 e. The number of likely N-dealkylation sites (tertiary alicyclic amines) is 1. The SMILES string of the molecule is CCCC1CCN(CCS(=O)(=O)N2CCCCC2)CC1. The summed E-state index contributed by atoms with van der Waals surface area (Å²) in [6.07, 6.45) is 8.34. The van der Waals surface area contributed by atoms with Crippen LogP contribution in [0.2, 0.25) is 0 Å². The van der Waals surface area contributed by atoms with E-state index in [4.69, 9.17) is 0 Å². The summed E-state index contributed by atoms with van der Waals surface area (Å²) in [5.74, 6) is 1.18. The Morgan fingerprint density at radius 2 is 1.65 bits per heavy atom. The highest BCUT2D eigenvalue weighted by Crippen LogP contribution is 2.22. The normalized spacial score (nSPS) is 24.1. The van der Waals surface area contributed by atoms with E-state index in [9.17, 15) is 8.42 Å². The van der Waals surface area contributed by atoms with Crippen molar-refractivity contribution in [3.8, 4) is 0 Å². The van der Waals surface area contributed by atoms with Gasteiger partial charge in [-0.25, -0.2) is 12.7 Å². The molecule has 20 heavy (non-hydrogen) atoms. The third-order valence-electron chi connectivity index (χ3n) is 4.78. The number of rotatable bonds is 6. The van der Waals surface area contributed by atoms with Crippen LogP contribution >= 0.6 is 0 Å². The molecule has 0 aromatic heterocycles. The summed E-state index contributed by atoms with van der Waals surface area (Å²) >= 11 is 0. The molecule has 2 heterocycles. The van der Waals surface area contributed by atoms with Gasteiger partial charge in [0, 0.05) is 19.6 Å². The van der Waals surface area contributed by atoms with Crippen molar-refractivity contribution in [1.82, 2.24) is 9.21 Å². The molecular formula is C15H30N2O2S. The van der Waals surface area contributed by atoms with Crippen LogP contribution < -0.4 is 0 Å². The molecule has 2 saturated heterocycles. The summed E-state index contributed by atoms with van der Waals surface area (Å²) in [6, 6.07) is 0. The maximum absolute atomic E-state index is 12.3. The van der Waals surface area contributed by atoms with E-state index in [1.807, 2.05) is 0 Å². The van der Waals surface area contributed by atoms with Crippen molar-refractivity contribution in [3.05, 3.63) is 0 Å². The summed E-state index contributed by atoms with van der Waals surface area (Å²) in [6.45, 7) is 6.61. The summed E-state index contributed by atoms with van der Waals surface area (Å²) in [5, 5.41) is 0. The van der Waals surface area contributed by atoms with Gasteiger partial charge in [0.1, 0.15) is 0 Å². The van der Waals surface area contributed by atoms with Crippen LogP contribution in [0, 0.1) is 5.92 Å². The summed E-state index contributed by atoms with van der Waals surface area (Å²) in [4.78, 5) is 2.34. The fourth-order valence-electron chi connectivity index (χ4n) is 3.42. The van der Waals surface area contributed by atoms with E-state index in [1.165, 1.54) is 32.1 Å². The van der Waals surface area contributed by atoms with Crippen LogP contribution in [-0.4, -0.2) is 56.1 Å². The third kappa shape index (κ3) is 4.71. The second-order valence-electron chi connectivity index (χ2n) is 6.35. The van der Waals surface area contributed by atoms with Crippen LogP contribution in [0.3, 0.4) is 0 Å². The minimum atomic E-state index is -3.01. The second-order valence-corrected chi connectivity index (χ2v) is 8.44. The fourth-order valence-corrected chi connectivity index (χ4v) is 4.99. The van der Waals surface area contributed by atoms with Crippen molar-refractivity contribution in [2.75, 3.05) is 38.5 Å². The van der Waals surface area contributed by atoms with E-state index in [0.717, 1.165) is 51.5 Å². The molecule has 5 heteroatoms. The molecule has 0 bridgehead atoms. The van der Waals surface area contributed by atoms with Crippen LogP contribution in [0.5, 0.6) is 0 Å². The molecule has 2 rings (SSSR count). The average molecular weight is 302 g/mol. The lowest BCUT2D eigenvalue weighted by Gasteiger charge is -2.32. The van der Waals surface area contributed by atoms with E-state index >= 15 is 0 Å². The van der Waals surface area contributed by atoms with Crippen molar-refractivity contribution in [2.45, 2.75) is 51.9 Å². The zero-order valence-corrected chi connectivity index (χ0v) is 13.7. The standard InChI is InChI=1S/C15H30N2O2S/c1-2-6-15-7-11-16(12-8-15)13-14-20(18,19)17-9-4-3-5-10-17/h15H,2-14H2,1H3. The molecule has 0 atom stereocenters. The Morgan fingerprint density at radius 3 is 2.25 bits per heavy atom. The van der Waals surface area contributed by atoms with Gasteiger partial charge in [-0.05, 0) is 44.7 Å². The van der Waals surface area contributed by atoms with Crippen LogP contribution in [0.15, 0.2) is 0 Å². The number of sulfonamides is 1. The van der Waals surface area contributed by atoms with Crippen molar-refractivity contribution < 1.29 is 8.42 Å². The average Bonchev–Trinajstić information content (AvgIpc) is 2.48. The zero-order chi connectivity index (χ0) is 14.4. The number of hydrogen-bond donors (Lipinski definition) is 0. The summed E-state index contributed by atoms with van der Waals surface area (Å²) in [5.41, 5.74) is 0. The molecule has 0 aliphatic carbocycles. The first-order chi connectivity index (χ1) is 9.62. The van der Waals surface area contributed by atoms with Crippen LogP contribution in [-0.2, 0) is 10.0 Å². The fraction of sp³-hybridized carbons (Fsp3) is 1.00. The third-order valence-corrected chi connectivity index (χ3v) is 6.63. The van der Waals surface area contributed by atoms with Gasteiger partial charge in [-0.1, -0.05) is 26.2 Å². The number of piperidine rings is 2. The molecule has 118 valence electrons. The molecule has 0 amide bonds. The summed E-state index contributed by atoms with van der Waals surface area (Å²) < 4.78 is 26.3. The highest BCUT2D eigenvalue weighted by molar-refractivity contribution is 7.89. The van der Waals surface area contributed by atoms with Gasteiger partial charge >= 0.3 is 0 Å². The molecule has 2 fully saturated rings. The molecule has 0 saturated carbocycles. The quantitative estimate of drug-likeness (QED) is 0.756. The van der Waals surface area contributed by atoms with Crippen molar-refractivity contribution in [3.63, 3.8) is 0 Å². The predicted octanol–water partition coefficient (Wildman–Crippen LogP) is 2.31. The Labute approximate surface area is 124 Å². The van der Waals surface area contributed by atoms with E-state index in [2.05, 4.69) is 11.8 Å². The van der Waals surface area contributed by atoms with E-state index in [0.29, 0.717) is 5.75 Å². The molecule has 0 spiro atoms. The smallest absolute Gasteiger partial charge is 0.215 e. The maximum atomic E-state index is 12.3. The lowest BCUT2D eigenvalue weighted by Crippen LogP contribution is -2.42. The van der Waals surface area contributed by atoms with Crippen molar-refractivity contribution >= 4 is 10.0 Å². The highest BCUT2D eigenvalue weighted by Gasteiger charge is 2.25. The van der Waals surface area contributed by atoms with Gasteiger partial charge in [-0.15, -0.1) is 0 Å². The molecule has 2 aliphatic rings. The Morgan fingerprint density at radius 1 is 1.00 bits per heavy atom. The van der Waals surface area contributed by atoms with Gasteiger partial charge in [0.15, 0.2) is 0 Å². The largest absolute Gasteiger partial charge is 0.302 e. The number of hydrogen-bond acceptors (Lipinski definition) is 3. The van der Waals surface area contributed by atoms with E-state index < -0.39 is 10.0 Å². The Hall–Kier alpha value is -0.130. The lowest BCUT2D eigenvalue weighted by molar-refractivity contribution is 0.186. The molecule has 0 radical (unpaired) electrons.